The molecule has 3 aromatic rings. The van der Waals surface area contributed by atoms with Crippen LogP contribution in [0.3, 0.4) is 0 Å². The van der Waals surface area contributed by atoms with E-state index in [-0.39, 0.29) is 11.9 Å². The molecule has 3 aromatic heterocycles. The molecule has 24 heavy (non-hydrogen) atoms. The van der Waals surface area contributed by atoms with Crippen LogP contribution in [0.2, 0.25) is 0 Å². The summed E-state index contributed by atoms with van der Waals surface area (Å²) in [4.78, 5) is 14.6. The van der Waals surface area contributed by atoms with Gasteiger partial charge in [-0.2, -0.15) is 22.7 Å². The highest BCUT2D eigenvalue weighted by Gasteiger charge is 2.30. The van der Waals surface area contributed by atoms with E-state index in [1.165, 1.54) is 5.56 Å². The third-order valence-corrected chi connectivity index (χ3v) is 5.67. The summed E-state index contributed by atoms with van der Waals surface area (Å²) in [5, 5.41) is 16.3. The van der Waals surface area contributed by atoms with Crippen molar-refractivity contribution in [2.75, 3.05) is 6.54 Å². The molecule has 0 aliphatic carbocycles. The number of nitrogens with zero attached hydrogens (tertiary/aromatic N) is 3. The van der Waals surface area contributed by atoms with E-state index in [9.17, 15) is 4.79 Å². The molecule has 124 valence electrons. The molecule has 1 fully saturated rings. The minimum atomic E-state index is 0.166. The summed E-state index contributed by atoms with van der Waals surface area (Å²) in [6.45, 7) is 0.837. The van der Waals surface area contributed by atoms with Crippen molar-refractivity contribution in [2.24, 2.45) is 0 Å². The monoisotopic (exact) mass is 359 g/mol. The molecule has 1 aliphatic rings. The van der Waals surface area contributed by atoms with Gasteiger partial charge in [-0.3, -0.25) is 4.79 Å². The summed E-state index contributed by atoms with van der Waals surface area (Å²) in [7, 11) is 0. The largest absolute Gasteiger partial charge is 0.421 e. The van der Waals surface area contributed by atoms with E-state index >= 15 is 0 Å². The maximum absolute atomic E-state index is 12.6. The zero-order valence-electron chi connectivity index (χ0n) is 13.1. The molecular weight excluding hydrogens is 342 g/mol. The number of likely N-dealkylation sites (tertiary alicyclic amines) is 1. The Morgan fingerprint density at radius 2 is 2.12 bits per heavy atom. The van der Waals surface area contributed by atoms with Crippen LogP contribution >= 0.6 is 22.7 Å². The normalized spacial score (nSPS) is 17.5. The van der Waals surface area contributed by atoms with Crippen LogP contribution in [0.1, 0.15) is 36.8 Å². The molecule has 4 rings (SSSR count). The third kappa shape index (κ3) is 3.14. The molecule has 0 aromatic carbocycles. The highest BCUT2D eigenvalue weighted by molar-refractivity contribution is 7.08. The number of aromatic nitrogens is 2. The highest BCUT2D eigenvalue weighted by atomic mass is 32.1. The maximum Gasteiger partial charge on any atom is 0.248 e. The molecule has 0 saturated carbocycles. The van der Waals surface area contributed by atoms with Crippen LogP contribution in [0, 0.1) is 0 Å². The number of aryl methyl sites for hydroxylation is 1. The Morgan fingerprint density at radius 1 is 1.25 bits per heavy atom. The van der Waals surface area contributed by atoms with E-state index in [4.69, 9.17) is 4.42 Å². The SMILES string of the molecule is O=C(CCc1nnc(-c2ccsc2)o1)N1CCCC1c1ccsc1. The average Bonchev–Trinajstić information content (AvgIpc) is 3.40. The minimum Gasteiger partial charge on any atom is -0.421 e. The number of hydrogen-bond acceptors (Lipinski definition) is 6. The van der Waals surface area contributed by atoms with Crippen LogP contribution in [0.5, 0.6) is 0 Å². The first-order valence-electron chi connectivity index (χ1n) is 7.98. The lowest BCUT2D eigenvalue weighted by Crippen LogP contribution is -2.30. The van der Waals surface area contributed by atoms with Gasteiger partial charge >= 0.3 is 0 Å². The molecule has 4 heterocycles. The predicted molar refractivity (Wildman–Crippen MR) is 93.9 cm³/mol. The first-order chi connectivity index (χ1) is 11.8. The molecule has 0 spiro atoms. The fourth-order valence-electron chi connectivity index (χ4n) is 3.09. The second-order valence-corrected chi connectivity index (χ2v) is 7.37. The van der Waals surface area contributed by atoms with Gasteiger partial charge in [0.2, 0.25) is 17.7 Å². The van der Waals surface area contributed by atoms with Gasteiger partial charge in [0, 0.05) is 30.3 Å². The van der Waals surface area contributed by atoms with Crippen LogP contribution in [-0.4, -0.2) is 27.5 Å². The third-order valence-electron chi connectivity index (χ3n) is 4.29. The van der Waals surface area contributed by atoms with Crippen LogP contribution in [0.15, 0.2) is 38.1 Å². The van der Waals surface area contributed by atoms with Crippen LogP contribution in [0.4, 0.5) is 0 Å². The van der Waals surface area contributed by atoms with E-state index in [0.29, 0.717) is 24.6 Å². The van der Waals surface area contributed by atoms with Gasteiger partial charge in [-0.1, -0.05) is 0 Å². The zero-order valence-corrected chi connectivity index (χ0v) is 14.7. The van der Waals surface area contributed by atoms with E-state index in [2.05, 4.69) is 27.0 Å². The smallest absolute Gasteiger partial charge is 0.248 e. The summed E-state index contributed by atoms with van der Waals surface area (Å²) in [5.74, 6) is 1.21. The number of carbonyl (C=O) groups is 1. The van der Waals surface area contributed by atoms with Crippen LogP contribution < -0.4 is 0 Å². The average molecular weight is 359 g/mol. The summed E-state index contributed by atoms with van der Waals surface area (Å²) in [6.07, 6.45) is 3.01. The van der Waals surface area contributed by atoms with Gasteiger partial charge in [0.1, 0.15) is 0 Å². The van der Waals surface area contributed by atoms with Gasteiger partial charge in [0.25, 0.3) is 0 Å². The van der Waals surface area contributed by atoms with Crippen molar-refractivity contribution in [1.82, 2.24) is 15.1 Å². The first-order valence-corrected chi connectivity index (χ1v) is 9.86. The van der Waals surface area contributed by atoms with Crippen LogP contribution in [-0.2, 0) is 11.2 Å². The molecule has 5 nitrogen and oxygen atoms in total. The Kier molecular flexibility index (Phi) is 4.44. The molecule has 0 bridgehead atoms. The van der Waals surface area contributed by atoms with E-state index in [1.54, 1.807) is 22.7 Å². The zero-order chi connectivity index (χ0) is 16.4. The van der Waals surface area contributed by atoms with Crippen molar-refractivity contribution < 1.29 is 9.21 Å². The van der Waals surface area contributed by atoms with Gasteiger partial charge in [-0.25, -0.2) is 0 Å². The summed E-state index contributed by atoms with van der Waals surface area (Å²) >= 11 is 3.27. The lowest BCUT2D eigenvalue weighted by atomic mass is 10.1. The molecule has 1 aliphatic heterocycles. The Balaban J connectivity index is 1.38. The number of rotatable bonds is 5. The lowest BCUT2D eigenvalue weighted by Gasteiger charge is -2.24. The van der Waals surface area contributed by atoms with Crippen molar-refractivity contribution in [3.05, 3.63) is 45.1 Å². The number of hydrogen-bond donors (Lipinski definition) is 0. The molecular formula is C17H17N3O2S2. The van der Waals surface area contributed by atoms with Crippen molar-refractivity contribution in [3.63, 3.8) is 0 Å². The molecule has 1 unspecified atom stereocenters. The number of carbonyl (C=O) groups excluding carboxylic acids is 1. The van der Waals surface area contributed by atoms with Crippen molar-refractivity contribution in [3.8, 4) is 11.5 Å². The fourth-order valence-corrected chi connectivity index (χ4v) is 4.43. The van der Waals surface area contributed by atoms with Crippen molar-refractivity contribution >= 4 is 28.6 Å². The Labute approximate surface area is 147 Å². The Bertz CT molecular complexity index is 796. The summed E-state index contributed by atoms with van der Waals surface area (Å²) < 4.78 is 5.66. The molecule has 0 N–H and O–H groups in total. The van der Waals surface area contributed by atoms with E-state index in [0.717, 1.165) is 24.9 Å². The number of amides is 1. The van der Waals surface area contributed by atoms with Crippen molar-refractivity contribution in [2.45, 2.75) is 31.7 Å². The van der Waals surface area contributed by atoms with Gasteiger partial charge in [0.15, 0.2) is 0 Å². The van der Waals surface area contributed by atoms with E-state index in [1.807, 2.05) is 21.7 Å². The molecule has 7 heteroatoms. The molecule has 0 radical (unpaired) electrons. The second-order valence-electron chi connectivity index (χ2n) is 5.81. The summed E-state index contributed by atoms with van der Waals surface area (Å²) in [5.41, 5.74) is 2.19. The molecule has 1 atom stereocenters. The highest BCUT2D eigenvalue weighted by Crippen LogP contribution is 2.33. The second kappa shape index (κ2) is 6.86. The lowest BCUT2D eigenvalue weighted by molar-refractivity contribution is -0.132. The number of thiophene rings is 2. The topological polar surface area (TPSA) is 59.2 Å². The van der Waals surface area contributed by atoms with Crippen molar-refractivity contribution in [1.29, 1.82) is 0 Å². The quantitative estimate of drug-likeness (QED) is 0.686. The fraction of sp³-hybridized carbons (Fsp3) is 0.353. The molecule has 1 saturated heterocycles. The summed E-state index contributed by atoms with van der Waals surface area (Å²) in [6, 6.07) is 4.29. The first kappa shape index (κ1) is 15.5. The van der Waals surface area contributed by atoms with Gasteiger partial charge in [-0.05, 0) is 46.7 Å². The van der Waals surface area contributed by atoms with Crippen LogP contribution in [0.25, 0.3) is 11.5 Å². The Hall–Kier alpha value is -1.99. The Morgan fingerprint density at radius 3 is 2.92 bits per heavy atom. The van der Waals surface area contributed by atoms with Gasteiger partial charge in [-0.15, -0.1) is 10.2 Å². The standard InChI is InChI=1S/C17H17N3O2S2/c21-16(20-7-1-2-14(20)12-5-8-23-10-12)4-3-15-18-19-17(22-15)13-6-9-24-11-13/h5-6,8-11,14H,1-4,7H2. The van der Waals surface area contributed by atoms with Gasteiger partial charge < -0.3 is 9.32 Å². The van der Waals surface area contributed by atoms with E-state index < -0.39 is 0 Å². The van der Waals surface area contributed by atoms with Gasteiger partial charge in [0.05, 0.1) is 6.04 Å². The predicted octanol–water partition coefficient (Wildman–Crippen LogP) is 4.16. The molecule has 1 amide bonds. The maximum atomic E-state index is 12.6. The minimum absolute atomic E-state index is 0.166.